The summed E-state index contributed by atoms with van der Waals surface area (Å²) in [6, 6.07) is 24.2. The normalized spacial score (nSPS) is 17.2. The van der Waals surface area contributed by atoms with Crippen molar-refractivity contribution >= 4 is 40.2 Å². The molecule has 4 rings (SSSR count). The lowest BCUT2D eigenvalue weighted by atomic mass is 10.2. The number of amidine groups is 1. The minimum atomic E-state index is 0.0177. The van der Waals surface area contributed by atoms with Gasteiger partial charge in [-0.1, -0.05) is 66.7 Å². The van der Waals surface area contributed by atoms with Gasteiger partial charge in [-0.25, -0.2) is 0 Å². The fraction of sp³-hybridized carbons (Fsp3) is 0.0909. The molecule has 5 heteroatoms. The number of aliphatic imine (C=N–C) groups is 1. The maximum absolute atomic E-state index is 13.0. The molecule has 0 N–H and O–H groups in total. The number of hydrogen-bond acceptors (Lipinski definition) is 4. The van der Waals surface area contributed by atoms with Gasteiger partial charge in [0.2, 0.25) is 0 Å². The van der Waals surface area contributed by atoms with E-state index in [4.69, 9.17) is 4.99 Å². The number of thioether (sulfide) groups is 1. The predicted octanol–water partition coefficient (Wildman–Crippen LogP) is 5.42. The number of benzene rings is 2. The quantitative estimate of drug-likeness (QED) is 0.545. The number of amides is 1. The number of thiophene rings is 1. The van der Waals surface area contributed by atoms with Gasteiger partial charge in [0.25, 0.3) is 5.91 Å². The van der Waals surface area contributed by atoms with Crippen molar-refractivity contribution in [2.75, 3.05) is 0 Å². The van der Waals surface area contributed by atoms with Crippen LogP contribution in [-0.4, -0.2) is 16.0 Å². The van der Waals surface area contributed by atoms with Gasteiger partial charge in [0.05, 0.1) is 18.0 Å². The third-order valence-corrected chi connectivity index (χ3v) is 5.99. The first kappa shape index (κ1) is 17.8. The largest absolute Gasteiger partial charge is 0.282 e. The van der Waals surface area contributed by atoms with Crippen molar-refractivity contribution < 1.29 is 4.79 Å². The minimum Gasteiger partial charge on any atom is -0.282 e. The van der Waals surface area contributed by atoms with Crippen LogP contribution in [0.1, 0.15) is 16.0 Å². The van der Waals surface area contributed by atoms with E-state index in [2.05, 4.69) is 12.1 Å². The maximum Gasteiger partial charge on any atom is 0.267 e. The molecule has 0 atom stereocenters. The Balaban J connectivity index is 1.62. The van der Waals surface area contributed by atoms with Gasteiger partial charge in [-0.05, 0) is 40.4 Å². The van der Waals surface area contributed by atoms with Crippen LogP contribution in [0.4, 0.5) is 0 Å². The molecule has 2 heterocycles. The van der Waals surface area contributed by atoms with Crippen molar-refractivity contribution in [3.63, 3.8) is 0 Å². The molecule has 0 bridgehead atoms. The summed E-state index contributed by atoms with van der Waals surface area (Å²) >= 11 is 3.09. The average Bonchev–Trinajstić information content (AvgIpc) is 3.32. The summed E-state index contributed by atoms with van der Waals surface area (Å²) in [7, 11) is 0. The molecule has 1 aliphatic heterocycles. The van der Waals surface area contributed by atoms with Gasteiger partial charge in [-0.15, -0.1) is 11.3 Å². The van der Waals surface area contributed by atoms with Gasteiger partial charge in [0.1, 0.15) is 0 Å². The Morgan fingerprint density at radius 2 is 1.59 bits per heavy atom. The van der Waals surface area contributed by atoms with E-state index in [1.165, 1.54) is 11.8 Å². The van der Waals surface area contributed by atoms with E-state index in [1.54, 1.807) is 16.2 Å². The third kappa shape index (κ3) is 4.38. The molecule has 0 unspecified atom stereocenters. The Bertz CT molecular complexity index is 964. The van der Waals surface area contributed by atoms with Gasteiger partial charge in [-0.3, -0.25) is 14.7 Å². The van der Waals surface area contributed by atoms with E-state index in [0.717, 1.165) is 26.1 Å². The maximum atomic E-state index is 13.0. The van der Waals surface area contributed by atoms with Crippen LogP contribution in [0.5, 0.6) is 0 Å². The highest BCUT2D eigenvalue weighted by Gasteiger charge is 2.33. The van der Waals surface area contributed by atoms with E-state index in [1.807, 2.05) is 72.1 Å². The second-order valence-corrected chi connectivity index (χ2v) is 8.08. The summed E-state index contributed by atoms with van der Waals surface area (Å²) in [6.45, 7) is 1.09. The molecule has 2 aromatic carbocycles. The summed E-state index contributed by atoms with van der Waals surface area (Å²) in [4.78, 5) is 21.3. The molecule has 0 saturated carbocycles. The van der Waals surface area contributed by atoms with Gasteiger partial charge in [0.15, 0.2) is 5.17 Å². The number of rotatable bonds is 5. The van der Waals surface area contributed by atoms with Gasteiger partial charge < -0.3 is 0 Å². The molecule has 3 nitrogen and oxygen atoms in total. The lowest BCUT2D eigenvalue weighted by Gasteiger charge is -2.15. The van der Waals surface area contributed by atoms with Crippen molar-refractivity contribution in [2.24, 2.45) is 4.99 Å². The first-order valence-electron chi connectivity index (χ1n) is 8.67. The van der Waals surface area contributed by atoms with Crippen LogP contribution in [0, 0.1) is 0 Å². The average molecular weight is 391 g/mol. The summed E-state index contributed by atoms with van der Waals surface area (Å²) in [5, 5.41) is 2.78. The first-order valence-corrected chi connectivity index (χ1v) is 10.4. The van der Waals surface area contributed by atoms with Crippen LogP contribution >= 0.6 is 23.1 Å². The monoisotopic (exact) mass is 390 g/mol. The molecular formula is C22H18N2OS2. The molecular weight excluding hydrogens is 372 g/mol. The van der Waals surface area contributed by atoms with E-state index in [9.17, 15) is 4.79 Å². The van der Waals surface area contributed by atoms with E-state index in [0.29, 0.717) is 13.1 Å². The molecule has 1 aromatic heterocycles. The van der Waals surface area contributed by atoms with Crippen molar-refractivity contribution in [3.8, 4) is 0 Å². The number of nitrogens with zero attached hydrogens (tertiary/aromatic N) is 2. The van der Waals surface area contributed by atoms with Crippen LogP contribution in [0.3, 0.4) is 0 Å². The summed E-state index contributed by atoms with van der Waals surface area (Å²) in [6.07, 6.45) is 1.96. The van der Waals surface area contributed by atoms with Gasteiger partial charge >= 0.3 is 0 Å². The fourth-order valence-electron chi connectivity index (χ4n) is 2.78. The molecule has 1 fully saturated rings. The predicted molar refractivity (Wildman–Crippen MR) is 114 cm³/mol. The SMILES string of the molecule is O=C1/C(=C/c2cccs2)SC(=NCc2ccccc2)N1Cc1ccccc1. The van der Waals surface area contributed by atoms with E-state index >= 15 is 0 Å². The Hall–Kier alpha value is -2.63. The van der Waals surface area contributed by atoms with Crippen LogP contribution in [0.15, 0.2) is 88.1 Å². The molecule has 0 radical (unpaired) electrons. The van der Waals surface area contributed by atoms with E-state index in [-0.39, 0.29) is 5.91 Å². The van der Waals surface area contributed by atoms with Crippen molar-refractivity contribution in [1.29, 1.82) is 0 Å². The van der Waals surface area contributed by atoms with Gasteiger partial charge in [-0.2, -0.15) is 0 Å². The van der Waals surface area contributed by atoms with Crippen LogP contribution in [0.2, 0.25) is 0 Å². The zero-order valence-corrected chi connectivity index (χ0v) is 16.2. The standard InChI is InChI=1S/C22H18N2OS2/c25-21-20(14-19-12-7-13-26-19)27-22(23-15-17-8-3-1-4-9-17)24(21)16-18-10-5-2-6-11-18/h1-14H,15-16H2/b20-14-,23-22?. The lowest BCUT2D eigenvalue weighted by molar-refractivity contribution is -0.122. The Morgan fingerprint density at radius 3 is 2.26 bits per heavy atom. The molecule has 1 saturated heterocycles. The summed E-state index contributed by atoms with van der Waals surface area (Å²) in [5.41, 5.74) is 2.23. The third-order valence-electron chi connectivity index (χ3n) is 4.13. The molecule has 0 aliphatic carbocycles. The topological polar surface area (TPSA) is 32.7 Å². The zero-order chi connectivity index (χ0) is 18.5. The highest BCUT2D eigenvalue weighted by atomic mass is 32.2. The first-order chi connectivity index (χ1) is 13.3. The Labute approximate surface area is 167 Å². The van der Waals surface area contributed by atoms with Crippen LogP contribution < -0.4 is 0 Å². The Kier molecular flexibility index (Phi) is 5.51. The van der Waals surface area contributed by atoms with Crippen LogP contribution in [-0.2, 0) is 17.9 Å². The zero-order valence-electron chi connectivity index (χ0n) is 14.6. The molecule has 0 spiro atoms. The van der Waals surface area contributed by atoms with Crippen molar-refractivity contribution in [1.82, 2.24) is 4.90 Å². The molecule has 1 amide bonds. The van der Waals surface area contributed by atoms with Crippen LogP contribution in [0.25, 0.3) is 6.08 Å². The molecule has 1 aliphatic rings. The highest BCUT2D eigenvalue weighted by molar-refractivity contribution is 8.18. The second kappa shape index (κ2) is 8.37. The summed E-state index contributed by atoms with van der Waals surface area (Å²) < 4.78 is 0. The van der Waals surface area contributed by atoms with Crippen molar-refractivity contribution in [3.05, 3.63) is 99.1 Å². The second-order valence-electron chi connectivity index (χ2n) is 6.09. The summed E-state index contributed by atoms with van der Waals surface area (Å²) in [5.74, 6) is 0.0177. The molecule has 27 heavy (non-hydrogen) atoms. The number of carbonyl (C=O) groups is 1. The lowest BCUT2D eigenvalue weighted by Crippen LogP contribution is -2.28. The number of carbonyl (C=O) groups excluding carboxylic acids is 1. The fourth-order valence-corrected chi connectivity index (χ4v) is 4.47. The Morgan fingerprint density at radius 1 is 0.889 bits per heavy atom. The van der Waals surface area contributed by atoms with Crippen molar-refractivity contribution in [2.45, 2.75) is 13.1 Å². The number of hydrogen-bond donors (Lipinski definition) is 0. The smallest absolute Gasteiger partial charge is 0.267 e. The molecule has 3 aromatic rings. The minimum absolute atomic E-state index is 0.0177. The molecule has 134 valence electrons. The van der Waals surface area contributed by atoms with Gasteiger partial charge in [0, 0.05) is 4.88 Å². The van der Waals surface area contributed by atoms with E-state index < -0.39 is 0 Å². The highest BCUT2D eigenvalue weighted by Crippen LogP contribution is 2.34.